The van der Waals surface area contributed by atoms with Crippen molar-refractivity contribution in [2.75, 3.05) is 18.0 Å². The molecule has 1 fully saturated rings. The number of halogens is 2. The highest BCUT2D eigenvalue weighted by molar-refractivity contribution is 5.79. The number of anilines is 1. The first-order valence-electron chi connectivity index (χ1n) is 9.17. The van der Waals surface area contributed by atoms with E-state index in [0.29, 0.717) is 26.1 Å². The molecule has 5 nitrogen and oxygen atoms in total. The fraction of sp³-hybridized carbons (Fsp3) is 0.238. The first kappa shape index (κ1) is 18.2. The molecule has 2 aromatic carbocycles. The molecule has 1 unspecified atom stereocenters. The van der Waals surface area contributed by atoms with Gasteiger partial charge in [0.25, 0.3) is 0 Å². The molecule has 7 heteroatoms. The van der Waals surface area contributed by atoms with Gasteiger partial charge < -0.3 is 15.5 Å². The molecular formula is C21H20F2N4O. The van der Waals surface area contributed by atoms with Crippen molar-refractivity contribution in [3.05, 3.63) is 71.9 Å². The minimum atomic E-state index is -0.587. The molecule has 1 aromatic heterocycles. The number of amides is 2. The van der Waals surface area contributed by atoms with E-state index in [1.54, 1.807) is 11.1 Å². The quantitative estimate of drug-likeness (QED) is 0.725. The Kier molecular flexibility index (Phi) is 5.06. The molecule has 1 saturated heterocycles. The van der Waals surface area contributed by atoms with Crippen LogP contribution in [-0.2, 0) is 6.54 Å². The molecule has 4 rings (SSSR count). The molecule has 0 spiro atoms. The van der Waals surface area contributed by atoms with Crippen LogP contribution in [0.3, 0.4) is 0 Å². The largest absolute Gasteiger partial charge is 0.365 e. The van der Waals surface area contributed by atoms with Crippen LogP contribution in [0, 0.1) is 11.6 Å². The first-order chi connectivity index (χ1) is 13.6. The summed E-state index contributed by atoms with van der Waals surface area (Å²) in [5.74, 6) is -1.17. The summed E-state index contributed by atoms with van der Waals surface area (Å²) in [6, 6.07) is 13.0. The minimum absolute atomic E-state index is 0.0306. The predicted molar refractivity (Wildman–Crippen MR) is 104 cm³/mol. The third kappa shape index (κ3) is 3.88. The lowest BCUT2D eigenvalue weighted by Crippen LogP contribution is -2.43. The van der Waals surface area contributed by atoms with Crippen molar-refractivity contribution in [2.24, 2.45) is 0 Å². The molecule has 0 radical (unpaired) electrons. The second kappa shape index (κ2) is 7.80. The van der Waals surface area contributed by atoms with Gasteiger partial charge in [-0.3, -0.25) is 4.98 Å². The van der Waals surface area contributed by atoms with E-state index >= 15 is 0 Å². The fourth-order valence-corrected chi connectivity index (χ4v) is 3.53. The van der Waals surface area contributed by atoms with E-state index in [1.165, 1.54) is 18.2 Å². The van der Waals surface area contributed by atoms with E-state index in [1.807, 2.05) is 30.3 Å². The Morgan fingerprint density at radius 1 is 1.14 bits per heavy atom. The monoisotopic (exact) mass is 382 g/mol. The van der Waals surface area contributed by atoms with Crippen molar-refractivity contribution in [3.8, 4) is 0 Å². The number of carbonyl (C=O) groups excluding carboxylic acids is 1. The van der Waals surface area contributed by atoms with Gasteiger partial charge in [0.15, 0.2) is 0 Å². The van der Waals surface area contributed by atoms with E-state index in [-0.39, 0.29) is 17.8 Å². The maximum atomic E-state index is 13.9. The smallest absolute Gasteiger partial charge is 0.315 e. The van der Waals surface area contributed by atoms with Crippen LogP contribution in [0.15, 0.2) is 54.7 Å². The van der Waals surface area contributed by atoms with Crippen LogP contribution in [-0.4, -0.2) is 30.1 Å². The second-order valence-corrected chi connectivity index (χ2v) is 6.86. The van der Waals surface area contributed by atoms with Crippen molar-refractivity contribution < 1.29 is 13.6 Å². The second-order valence-electron chi connectivity index (χ2n) is 6.86. The van der Waals surface area contributed by atoms with Crippen LogP contribution in [0.5, 0.6) is 0 Å². The Bertz CT molecular complexity index is 990. The molecule has 1 aliphatic rings. The third-order valence-electron chi connectivity index (χ3n) is 4.90. The summed E-state index contributed by atoms with van der Waals surface area (Å²) >= 11 is 0. The van der Waals surface area contributed by atoms with Crippen LogP contribution >= 0.6 is 0 Å². The number of benzene rings is 2. The van der Waals surface area contributed by atoms with Crippen molar-refractivity contribution in [1.29, 1.82) is 0 Å². The number of fused-ring (bicyclic) bond motifs is 1. The number of hydrogen-bond donors (Lipinski definition) is 2. The number of aromatic nitrogens is 1. The van der Waals surface area contributed by atoms with Gasteiger partial charge >= 0.3 is 6.03 Å². The zero-order valence-electron chi connectivity index (χ0n) is 15.2. The topological polar surface area (TPSA) is 57.3 Å². The molecular weight excluding hydrogens is 362 g/mol. The van der Waals surface area contributed by atoms with E-state index in [4.69, 9.17) is 0 Å². The summed E-state index contributed by atoms with van der Waals surface area (Å²) in [6.45, 7) is 1.24. The zero-order valence-corrected chi connectivity index (χ0v) is 15.2. The standard InChI is InChI=1S/C21H20F2N4O/c22-17-4-1-5-18(23)20(17)27-10-8-16(13-27)26-21(28)25-12-14-6-7-19-15(11-14)3-2-9-24-19/h1-7,9,11,16H,8,10,12-13H2,(H2,25,26,28). The van der Waals surface area contributed by atoms with Crippen molar-refractivity contribution in [2.45, 2.75) is 19.0 Å². The van der Waals surface area contributed by atoms with Crippen LogP contribution in [0.25, 0.3) is 10.9 Å². The molecule has 2 N–H and O–H groups in total. The molecule has 144 valence electrons. The van der Waals surface area contributed by atoms with E-state index in [2.05, 4.69) is 15.6 Å². The van der Waals surface area contributed by atoms with Crippen LogP contribution in [0.2, 0.25) is 0 Å². The van der Waals surface area contributed by atoms with Gasteiger partial charge in [-0.25, -0.2) is 13.6 Å². The number of urea groups is 1. The molecule has 0 saturated carbocycles. The van der Waals surface area contributed by atoms with Crippen LogP contribution < -0.4 is 15.5 Å². The van der Waals surface area contributed by atoms with Gasteiger partial charge in [0.2, 0.25) is 0 Å². The number of pyridine rings is 1. The highest BCUT2D eigenvalue weighted by Crippen LogP contribution is 2.26. The molecule has 2 heterocycles. The number of nitrogens with one attached hydrogen (secondary N) is 2. The van der Waals surface area contributed by atoms with Crippen molar-refractivity contribution in [1.82, 2.24) is 15.6 Å². The number of hydrogen-bond acceptors (Lipinski definition) is 3. The molecule has 1 atom stereocenters. The predicted octanol–water partition coefficient (Wildman–Crippen LogP) is 3.59. The Morgan fingerprint density at radius 3 is 2.79 bits per heavy atom. The number of nitrogens with zero attached hydrogens (tertiary/aromatic N) is 2. The maximum absolute atomic E-state index is 13.9. The average molecular weight is 382 g/mol. The van der Waals surface area contributed by atoms with Crippen LogP contribution in [0.1, 0.15) is 12.0 Å². The Labute approximate surface area is 161 Å². The average Bonchev–Trinajstić information content (AvgIpc) is 3.14. The van der Waals surface area contributed by atoms with Gasteiger partial charge in [-0.2, -0.15) is 0 Å². The summed E-state index contributed by atoms with van der Waals surface area (Å²) in [4.78, 5) is 18.1. The lowest BCUT2D eigenvalue weighted by atomic mass is 10.1. The van der Waals surface area contributed by atoms with Crippen molar-refractivity contribution >= 4 is 22.6 Å². The first-order valence-corrected chi connectivity index (χ1v) is 9.17. The minimum Gasteiger partial charge on any atom is -0.365 e. The highest BCUT2D eigenvalue weighted by atomic mass is 19.1. The Hall–Kier alpha value is -3.22. The van der Waals surface area contributed by atoms with Gasteiger partial charge in [0.05, 0.1) is 5.52 Å². The van der Waals surface area contributed by atoms with E-state index < -0.39 is 11.6 Å². The molecule has 1 aliphatic heterocycles. The van der Waals surface area contributed by atoms with Crippen molar-refractivity contribution in [3.63, 3.8) is 0 Å². The lowest BCUT2D eigenvalue weighted by molar-refractivity contribution is 0.237. The van der Waals surface area contributed by atoms with Gasteiger partial charge in [-0.1, -0.05) is 18.2 Å². The number of rotatable bonds is 4. The molecule has 0 bridgehead atoms. The summed E-state index contributed by atoms with van der Waals surface area (Å²) in [7, 11) is 0. The van der Waals surface area contributed by atoms with Gasteiger partial charge in [-0.15, -0.1) is 0 Å². The van der Waals surface area contributed by atoms with Gasteiger partial charge in [-0.05, 0) is 42.3 Å². The highest BCUT2D eigenvalue weighted by Gasteiger charge is 2.27. The Morgan fingerprint density at radius 2 is 1.96 bits per heavy atom. The summed E-state index contributed by atoms with van der Waals surface area (Å²) in [6.07, 6.45) is 2.37. The molecule has 2 amide bonds. The summed E-state index contributed by atoms with van der Waals surface area (Å²) in [5.41, 5.74) is 1.84. The maximum Gasteiger partial charge on any atom is 0.315 e. The molecule has 28 heavy (non-hydrogen) atoms. The summed E-state index contributed by atoms with van der Waals surface area (Å²) in [5, 5.41) is 6.72. The Balaban J connectivity index is 1.31. The van der Waals surface area contributed by atoms with Gasteiger partial charge in [0, 0.05) is 37.3 Å². The van der Waals surface area contributed by atoms with E-state index in [9.17, 15) is 13.6 Å². The molecule has 0 aliphatic carbocycles. The van der Waals surface area contributed by atoms with Crippen LogP contribution in [0.4, 0.5) is 19.3 Å². The summed E-state index contributed by atoms with van der Waals surface area (Å²) < 4.78 is 27.9. The third-order valence-corrected chi connectivity index (χ3v) is 4.90. The van der Waals surface area contributed by atoms with Gasteiger partial charge in [0.1, 0.15) is 17.3 Å². The number of para-hydroxylation sites is 1. The zero-order chi connectivity index (χ0) is 19.5. The molecule has 3 aromatic rings. The normalized spacial score (nSPS) is 16.4. The number of carbonyl (C=O) groups is 1. The lowest BCUT2D eigenvalue weighted by Gasteiger charge is -2.20. The SMILES string of the molecule is O=C(NCc1ccc2ncccc2c1)NC1CCN(c2c(F)cccc2F)C1. The van der Waals surface area contributed by atoms with E-state index in [0.717, 1.165) is 16.5 Å². The fourth-order valence-electron chi connectivity index (χ4n) is 3.53.